The van der Waals surface area contributed by atoms with E-state index in [-0.39, 0.29) is 0 Å². The Labute approximate surface area is 209 Å². The molecule has 4 aromatic rings. The second-order valence-electron chi connectivity index (χ2n) is 7.14. The third-order valence-corrected chi connectivity index (χ3v) is 6.40. The molecular formula is C27H19BrINO2. The SMILES string of the molecule is COc1cc(/C=C(/C#N)c2ccc(I)cc2)cc(Br)c1OCc1cccc2ccccc12. The zero-order valence-electron chi connectivity index (χ0n) is 17.3. The van der Waals surface area contributed by atoms with Gasteiger partial charge in [-0.25, -0.2) is 0 Å². The average molecular weight is 596 g/mol. The minimum atomic E-state index is 0.414. The Morgan fingerprint density at radius 2 is 1.78 bits per heavy atom. The summed E-state index contributed by atoms with van der Waals surface area (Å²) < 4.78 is 13.7. The quantitative estimate of drug-likeness (QED) is 0.129. The van der Waals surface area contributed by atoms with Crippen molar-refractivity contribution in [1.82, 2.24) is 0 Å². The van der Waals surface area contributed by atoms with Gasteiger partial charge in [0.05, 0.1) is 23.2 Å². The van der Waals surface area contributed by atoms with Crippen LogP contribution in [0.4, 0.5) is 0 Å². The molecule has 5 heteroatoms. The Bertz CT molecular complexity index is 1340. The van der Waals surface area contributed by atoms with E-state index in [0.29, 0.717) is 23.7 Å². The highest BCUT2D eigenvalue weighted by atomic mass is 127. The summed E-state index contributed by atoms with van der Waals surface area (Å²) >= 11 is 5.87. The van der Waals surface area contributed by atoms with E-state index in [4.69, 9.17) is 9.47 Å². The molecule has 158 valence electrons. The maximum Gasteiger partial charge on any atom is 0.175 e. The van der Waals surface area contributed by atoms with Gasteiger partial charge < -0.3 is 9.47 Å². The predicted molar refractivity (Wildman–Crippen MR) is 142 cm³/mol. The summed E-state index contributed by atoms with van der Waals surface area (Å²) in [5, 5.41) is 12.0. The molecule has 0 aliphatic rings. The zero-order valence-corrected chi connectivity index (χ0v) is 21.1. The minimum absolute atomic E-state index is 0.414. The van der Waals surface area contributed by atoms with Gasteiger partial charge in [0.2, 0.25) is 0 Å². The van der Waals surface area contributed by atoms with Crippen molar-refractivity contribution in [3.05, 3.63) is 104 Å². The maximum absolute atomic E-state index is 9.67. The lowest BCUT2D eigenvalue weighted by molar-refractivity contribution is 0.283. The van der Waals surface area contributed by atoms with Crippen LogP contribution in [0.3, 0.4) is 0 Å². The lowest BCUT2D eigenvalue weighted by Gasteiger charge is -2.15. The fourth-order valence-corrected chi connectivity index (χ4v) is 4.44. The van der Waals surface area contributed by atoms with Crippen molar-refractivity contribution in [1.29, 1.82) is 5.26 Å². The summed E-state index contributed by atoms with van der Waals surface area (Å²) in [6, 6.07) is 28.4. The highest BCUT2D eigenvalue weighted by Gasteiger charge is 2.13. The van der Waals surface area contributed by atoms with Crippen molar-refractivity contribution < 1.29 is 9.47 Å². The third kappa shape index (κ3) is 4.98. The fraction of sp³-hybridized carbons (Fsp3) is 0.0741. The van der Waals surface area contributed by atoms with E-state index in [1.54, 1.807) is 7.11 Å². The number of halogens is 2. The number of hydrogen-bond donors (Lipinski definition) is 0. The van der Waals surface area contributed by atoms with Gasteiger partial charge in [-0.15, -0.1) is 0 Å². The second kappa shape index (κ2) is 10.2. The van der Waals surface area contributed by atoms with E-state index in [9.17, 15) is 5.26 Å². The summed E-state index contributed by atoms with van der Waals surface area (Å²) in [5.41, 5.74) is 3.41. The number of rotatable bonds is 6. The Kier molecular flexibility index (Phi) is 7.13. The number of ether oxygens (including phenoxy) is 2. The number of nitrogens with zero attached hydrogens (tertiary/aromatic N) is 1. The smallest absolute Gasteiger partial charge is 0.175 e. The topological polar surface area (TPSA) is 42.2 Å². The summed E-state index contributed by atoms with van der Waals surface area (Å²) in [6.45, 7) is 0.414. The van der Waals surface area contributed by atoms with Crippen LogP contribution in [0.2, 0.25) is 0 Å². The molecule has 0 aliphatic carbocycles. The van der Waals surface area contributed by atoms with Crippen LogP contribution >= 0.6 is 38.5 Å². The van der Waals surface area contributed by atoms with Gasteiger partial charge >= 0.3 is 0 Å². The van der Waals surface area contributed by atoms with Crippen LogP contribution in [0.1, 0.15) is 16.7 Å². The zero-order chi connectivity index (χ0) is 22.5. The Hall–Kier alpha value is -2.82. The van der Waals surface area contributed by atoms with Gasteiger partial charge in [-0.3, -0.25) is 0 Å². The van der Waals surface area contributed by atoms with Gasteiger partial charge in [-0.2, -0.15) is 5.26 Å². The largest absolute Gasteiger partial charge is 0.493 e. The lowest BCUT2D eigenvalue weighted by Crippen LogP contribution is -2.00. The molecule has 0 N–H and O–H groups in total. The van der Waals surface area contributed by atoms with Crippen LogP contribution < -0.4 is 9.47 Å². The highest BCUT2D eigenvalue weighted by molar-refractivity contribution is 14.1. The van der Waals surface area contributed by atoms with E-state index < -0.39 is 0 Å². The van der Waals surface area contributed by atoms with Gasteiger partial charge in [0, 0.05) is 3.57 Å². The van der Waals surface area contributed by atoms with Gasteiger partial charge in [-0.1, -0.05) is 54.6 Å². The molecule has 0 aliphatic heterocycles. The Morgan fingerprint density at radius 3 is 2.53 bits per heavy atom. The molecule has 0 saturated heterocycles. The molecule has 0 heterocycles. The summed E-state index contributed by atoms with van der Waals surface area (Å²) in [4.78, 5) is 0. The van der Waals surface area contributed by atoms with Crippen LogP contribution in [0.15, 0.2) is 83.3 Å². The third-order valence-electron chi connectivity index (χ3n) is 5.09. The standard InChI is InChI=1S/C27H19BrINO2/c1-31-26-15-18(13-22(16-30)19-9-11-23(29)12-10-19)14-25(28)27(26)32-17-21-7-4-6-20-5-2-3-8-24(20)21/h2-15H,17H2,1H3/b22-13-. The van der Waals surface area contributed by atoms with E-state index in [0.717, 1.165) is 24.7 Å². The Balaban J connectivity index is 1.63. The first-order chi connectivity index (χ1) is 15.6. The van der Waals surface area contributed by atoms with Gasteiger partial charge in [0.15, 0.2) is 11.5 Å². The molecule has 4 aromatic carbocycles. The molecule has 0 saturated carbocycles. The van der Waals surface area contributed by atoms with Crippen molar-refractivity contribution in [2.45, 2.75) is 6.61 Å². The molecule has 32 heavy (non-hydrogen) atoms. The number of hydrogen-bond acceptors (Lipinski definition) is 3. The number of benzene rings is 4. The van der Waals surface area contributed by atoms with Gasteiger partial charge in [-0.05, 0) is 96.3 Å². The van der Waals surface area contributed by atoms with Crippen molar-refractivity contribution in [2.75, 3.05) is 7.11 Å². The van der Waals surface area contributed by atoms with Crippen molar-refractivity contribution in [3.63, 3.8) is 0 Å². The predicted octanol–water partition coefficient (Wildman–Crippen LogP) is 7.86. The summed E-state index contributed by atoms with van der Waals surface area (Å²) in [5.74, 6) is 1.23. The molecule has 4 rings (SSSR count). The molecular weight excluding hydrogens is 577 g/mol. The molecule has 0 bridgehead atoms. The fourth-order valence-electron chi connectivity index (χ4n) is 3.51. The number of fused-ring (bicyclic) bond motifs is 1. The number of methoxy groups -OCH3 is 1. The van der Waals surface area contributed by atoms with Crippen molar-refractivity contribution in [3.8, 4) is 17.6 Å². The first kappa shape index (κ1) is 22.4. The van der Waals surface area contributed by atoms with Gasteiger partial charge in [0.1, 0.15) is 6.61 Å². The molecule has 0 radical (unpaired) electrons. The Morgan fingerprint density at radius 1 is 1.03 bits per heavy atom. The van der Waals surface area contributed by atoms with Crippen molar-refractivity contribution in [2.24, 2.45) is 0 Å². The lowest BCUT2D eigenvalue weighted by atomic mass is 10.0. The number of nitriles is 1. The van der Waals surface area contributed by atoms with Crippen LogP contribution in [0.25, 0.3) is 22.4 Å². The van der Waals surface area contributed by atoms with Crippen LogP contribution in [-0.2, 0) is 6.61 Å². The average Bonchev–Trinajstić information content (AvgIpc) is 2.82. The van der Waals surface area contributed by atoms with E-state index in [2.05, 4.69) is 68.9 Å². The highest BCUT2D eigenvalue weighted by Crippen LogP contribution is 2.38. The van der Waals surface area contributed by atoms with E-state index in [1.807, 2.05) is 60.7 Å². The summed E-state index contributed by atoms with van der Waals surface area (Å²) in [7, 11) is 1.62. The van der Waals surface area contributed by atoms with Crippen LogP contribution in [0, 0.1) is 14.9 Å². The molecule has 0 amide bonds. The molecule has 0 aromatic heterocycles. The normalized spacial score (nSPS) is 11.2. The first-order valence-electron chi connectivity index (χ1n) is 9.94. The van der Waals surface area contributed by atoms with Gasteiger partial charge in [0.25, 0.3) is 0 Å². The first-order valence-corrected chi connectivity index (χ1v) is 11.8. The minimum Gasteiger partial charge on any atom is -0.493 e. The second-order valence-corrected chi connectivity index (χ2v) is 9.24. The molecule has 0 atom stereocenters. The van der Waals surface area contributed by atoms with Crippen molar-refractivity contribution >= 4 is 60.9 Å². The maximum atomic E-state index is 9.67. The number of allylic oxidation sites excluding steroid dienone is 1. The van der Waals surface area contributed by atoms with E-state index in [1.165, 1.54) is 10.8 Å². The monoisotopic (exact) mass is 595 g/mol. The molecule has 0 fully saturated rings. The molecule has 3 nitrogen and oxygen atoms in total. The van der Waals surface area contributed by atoms with Crippen LogP contribution in [-0.4, -0.2) is 7.11 Å². The molecule has 0 unspecified atom stereocenters. The summed E-state index contributed by atoms with van der Waals surface area (Å²) in [6.07, 6.45) is 1.85. The molecule has 0 spiro atoms. The van der Waals surface area contributed by atoms with E-state index >= 15 is 0 Å². The van der Waals surface area contributed by atoms with Crippen LogP contribution in [0.5, 0.6) is 11.5 Å².